The van der Waals surface area contributed by atoms with Crippen LogP contribution in [-0.2, 0) is 9.53 Å². The van der Waals surface area contributed by atoms with Crippen LogP contribution in [0.25, 0.3) is 0 Å². The molecule has 0 aliphatic carbocycles. The van der Waals surface area contributed by atoms with Gasteiger partial charge in [0.2, 0.25) is 0 Å². The largest absolute Gasteiger partial charge is 0.481 e. The highest BCUT2D eigenvalue weighted by Crippen LogP contribution is 2.22. The number of hydrogen-bond donors (Lipinski definition) is 2. The van der Waals surface area contributed by atoms with Crippen LogP contribution in [0, 0.1) is 0 Å². The fraction of sp³-hybridized carbons (Fsp3) is 0.917. The normalized spacial score (nSPS) is 15.8. The van der Waals surface area contributed by atoms with Crippen LogP contribution in [0.5, 0.6) is 0 Å². The Morgan fingerprint density at radius 3 is 2.25 bits per heavy atom. The summed E-state index contributed by atoms with van der Waals surface area (Å²) in [6.07, 6.45) is 2.28. The van der Waals surface area contributed by atoms with Crippen LogP contribution in [-0.4, -0.2) is 28.8 Å². The molecule has 0 fully saturated rings. The number of carboxylic acid groups (broad SMARTS) is 1. The molecular formula is C12H25NO3. The minimum absolute atomic E-state index is 0.149. The maximum absolute atomic E-state index is 10.5. The quantitative estimate of drug-likeness (QED) is 0.671. The van der Waals surface area contributed by atoms with E-state index >= 15 is 0 Å². The van der Waals surface area contributed by atoms with Crippen LogP contribution in [0.3, 0.4) is 0 Å². The van der Waals surface area contributed by atoms with E-state index in [2.05, 4.69) is 0 Å². The van der Waals surface area contributed by atoms with Crippen molar-refractivity contribution in [3.05, 3.63) is 0 Å². The van der Waals surface area contributed by atoms with Gasteiger partial charge >= 0.3 is 5.97 Å². The average molecular weight is 231 g/mol. The van der Waals surface area contributed by atoms with E-state index < -0.39 is 5.97 Å². The first-order valence-electron chi connectivity index (χ1n) is 5.83. The van der Waals surface area contributed by atoms with E-state index in [-0.39, 0.29) is 17.6 Å². The number of carboxylic acids is 1. The Bertz CT molecular complexity index is 223. The lowest BCUT2D eigenvalue weighted by atomic mass is 9.96. The number of aliphatic carboxylic acids is 1. The summed E-state index contributed by atoms with van der Waals surface area (Å²) in [5, 5.41) is 8.65. The van der Waals surface area contributed by atoms with Crippen molar-refractivity contribution in [3.8, 4) is 0 Å². The van der Waals surface area contributed by atoms with Crippen molar-refractivity contribution in [3.63, 3.8) is 0 Å². The lowest BCUT2D eigenvalue weighted by Gasteiger charge is -2.30. The van der Waals surface area contributed by atoms with Gasteiger partial charge in [-0.3, -0.25) is 4.79 Å². The van der Waals surface area contributed by atoms with Crippen LogP contribution in [0.4, 0.5) is 0 Å². The molecule has 1 unspecified atom stereocenters. The Kier molecular flexibility index (Phi) is 5.97. The minimum atomic E-state index is -0.776. The summed E-state index contributed by atoms with van der Waals surface area (Å²) >= 11 is 0. The second-order valence-corrected chi connectivity index (χ2v) is 5.28. The molecule has 1 atom stereocenters. The second-order valence-electron chi connectivity index (χ2n) is 5.28. The predicted molar refractivity (Wildman–Crippen MR) is 64.4 cm³/mol. The molecule has 0 aromatic carbocycles. The van der Waals surface area contributed by atoms with Crippen LogP contribution in [0.15, 0.2) is 0 Å². The van der Waals surface area contributed by atoms with Crippen molar-refractivity contribution >= 4 is 5.97 Å². The van der Waals surface area contributed by atoms with Gasteiger partial charge in [0.15, 0.2) is 0 Å². The molecule has 16 heavy (non-hydrogen) atoms. The van der Waals surface area contributed by atoms with Crippen molar-refractivity contribution < 1.29 is 14.6 Å². The van der Waals surface area contributed by atoms with Gasteiger partial charge in [-0.1, -0.05) is 6.92 Å². The Morgan fingerprint density at radius 2 is 1.88 bits per heavy atom. The third-order valence-corrected chi connectivity index (χ3v) is 2.81. The summed E-state index contributed by atoms with van der Waals surface area (Å²) in [6, 6.07) is 0. The Morgan fingerprint density at radius 1 is 1.31 bits per heavy atom. The molecule has 4 nitrogen and oxygen atoms in total. The maximum Gasteiger partial charge on any atom is 0.303 e. The molecule has 0 amide bonds. The zero-order valence-corrected chi connectivity index (χ0v) is 10.9. The van der Waals surface area contributed by atoms with Gasteiger partial charge < -0.3 is 15.6 Å². The molecule has 0 aromatic rings. The number of nitrogens with two attached hydrogens (primary N) is 1. The zero-order valence-electron chi connectivity index (χ0n) is 10.9. The molecule has 0 aromatic heterocycles. The topological polar surface area (TPSA) is 72.5 Å². The van der Waals surface area contributed by atoms with Crippen molar-refractivity contribution in [1.82, 2.24) is 0 Å². The molecule has 3 N–H and O–H groups in total. The third-order valence-electron chi connectivity index (χ3n) is 2.81. The van der Waals surface area contributed by atoms with E-state index in [1.54, 1.807) is 0 Å². The van der Waals surface area contributed by atoms with E-state index in [0.29, 0.717) is 13.0 Å². The van der Waals surface area contributed by atoms with E-state index in [1.165, 1.54) is 0 Å². The van der Waals surface area contributed by atoms with Crippen LogP contribution in [0.2, 0.25) is 0 Å². The van der Waals surface area contributed by atoms with Crippen molar-refractivity contribution in [2.75, 3.05) is 6.61 Å². The van der Waals surface area contributed by atoms with Crippen molar-refractivity contribution in [2.45, 2.75) is 64.5 Å². The smallest absolute Gasteiger partial charge is 0.303 e. The molecule has 0 rings (SSSR count). The molecule has 0 saturated carbocycles. The highest BCUT2D eigenvalue weighted by Gasteiger charge is 2.24. The highest BCUT2D eigenvalue weighted by molar-refractivity contribution is 5.66. The Balaban J connectivity index is 4.01. The monoisotopic (exact) mass is 231 g/mol. The first kappa shape index (κ1) is 15.4. The molecule has 0 bridgehead atoms. The zero-order chi connectivity index (χ0) is 12.8. The molecule has 0 spiro atoms. The standard InChI is InChI=1S/C12H25NO3/c1-5-12(4,7-6-10(14)15)16-9-8-11(2,3)13/h5-9,13H2,1-4H3,(H,14,15). The lowest BCUT2D eigenvalue weighted by Crippen LogP contribution is -2.36. The first-order valence-corrected chi connectivity index (χ1v) is 5.83. The molecular weight excluding hydrogens is 206 g/mol. The Hall–Kier alpha value is -0.610. The van der Waals surface area contributed by atoms with Gasteiger partial charge in [0.05, 0.1) is 5.60 Å². The minimum Gasteiger partial charge on any atom is -0.481 e. The van der Waals surface area contributed by atoms with Gasteiger partial charge in [0.25, 0.3) is 0 Å². The fourth-order valence-corrected chi connectivity index (χ4v) is 1.28. The van der Waals surface area contributed by atoms with Crippen LogP contribution >= 0.6 is 0 Å². The summed E-state index contributed by atoms with van der Waals surface area (Å²) < 4.78 is 5.76. The summed E-state index contributed by atoms with van der Waals surface area (Å²) in [5.74, 6) is -0.776. The SMILES string of the molecule is CCC(C)(CCC(=O)O)OCCC(C)(C)N. The molecule has 0 heterocycles. The van der Waals surface area contributed by atoms with E-state index in [1.807, 2.05) is 27.7 Å². The van der Waals surface area contributed by atoms with Gasteiger partial charge in [-0.25, -0.2) is 0 Å². The summed E-state index contributed by atoms with van der Waals surface area (Å²) in [6.45, 7) is 8.45. The molecule has 0 aliphatic rings. The van der Waals surface area contributed by atoms with E-state index in [9.17, 15) is 4.79 Å². The van der Waals surface area contributed by atoms with Gasteiger partial charge in [-0.2, -0.15) is 0 Å². The van der Waals surface area contributed by atoms with Gasteiger partial charge in [0.1, 0.15) is 0 Å². The van der Waals surface area contributed by atoms with Gasteiger partial charge in [-0.15, -0.1) is 0 Å². The second kappa shape index (κ2) is 6.21. The average Bonchev–Trinajstić information content (AvgIpc) is 2.13. The highest BCUT2D eigenvalue weighted by atomic mass is 16.5. The number of rotatable bonds is 8. The maximum atomic E-state index is 10.5. The fourth-order valence-electron chi connectivity index (χ4n) is 1.28. The molecule has 96 valence electrons. The number of ether oxygens (including phenoxy) is 1. The van der Waals surface area contributed by atoms with Crippen LogP contribution < -0.4 is 5.73 Å². The van der Waals surface area contributed by atoms with E-state index in [0.717, 1.165) is 12.8 Å². The predicted octanol–water partition coefficient (Wildman–Crippen LogP) is 2.16. The van der Waals surface area contributed by atoms with Gasteiger partial charge in [0, 0.05) is 18.6 Å². The Labute approximate surface area is 98.2 Å². The van der Waals surface area contributed by atoms with Crippen LogP contribution in [0.1, 0.15) is 53.4 Å². The molecule has 0 radical (unpaired) electrons. The lowest BCUT2D eigenvalue weighted by molar-refractivity contribution is -0.139. The van der Waals surface area contributed by atoms with Crippen molar-refractivity contribution in [2.24, 2.45) is 5.73 Å². The van der Waals surface area contributed by atoms with E-state index in [4.69, 9.17) is 15.6 Å². The molecule has 0 aliphatic heterocycles. The molecule has 4 heteroatoms. The summed E-state index contributed by atoms with van der Waals surface area (Å²) in [7, 11) is 0. The number of carbonyl (C=O) groups is 1. The third kappa shape index (κ3) is 7.65. The van der Waals surface area contributed by atoms with Gasteiger partial charge in [-0.05, 0) is 40.0 Å². The summed E-state index contributed by atoms with van der Waals surface area (Å²) in [5.41, 5.74) is 5.28. The first-order chi connectivity index (χ1) is 7.18. The summed E-state index contributed by atoms with van der Waals surface area (Å²) in [4.78, 5) is 10.5. The van der Waals surface area contributed by atoms with Crippen molar-refractivity contribution in [1.29, 1.82) is 0 Å². The number of hydrogen-bond acceptors (Lipinski definition) is 3. The molecule has 0 saturated heterocycles.